The molecule has 10 heteroatoms. The van der Waals surface area contributed by atoms with E-state index in [1.165, 1.54) is 23.9 Å². The standard InChI is InChI=1S/C22H32N4O5S/c1-23-32(28,29)20-14-21(26(3)16-20)22(27)24-15-17-5-4-6-19(13-17)31-12-9-25(2)18-7-10-30-11-8-18/h4-6,13-14,16,18,23H,7-12,15H2,1-3H3,(H,24,27). The first kappa shape index (κ1) is 24.2. The Kier molecular flexibility index (Phi) is 8.30. The minimum Gasteiger partial charge on any atom is -0.492 e. The van der Waals surface area contributed by atoms with Crippen LogP contribution >= 0.6 is 0 Å². The molecule has 0 bridgehead atoms. The van der Waals surface area contributed by atoms with Crippen LogP contribution in [0.25, 0.3) is 0 Å². The highest BCUT2D eigenvalue weighted by Crippen LogP contribution is 2.16. The van der Waals surface area contributed by atoms with Crippen LogP contribution in [0.4, 0.5) is 0 Å². The molecule has 32 heavy (non-hydrogen) atoms. The topological polar surface area (TPSA) is 102 Å². The maximum absolute atomic E-state index is 12.6. The Labute approximate surface area is 189 Å². The highest BCUT2D eigenvalue weighted by atomic mass is 32.2. The molecule has 2 N–H and O–H groups in total. The number of carbonyl (C=O) groups excluding carboxylic acids is 1. The summed E-state index contributed by atoms with van der Waals surface area (Å²) in [4.78, 5) is 14.9. The maximum atomic E-state index is 12.6. The molecule has 0 saturated carbocycles. The molecular formula is C22H32N4O5S. The third-order valence-electron chi connectivity index (χ3n) is 5.67. The predicted octanol–water partition coefficient (Wildman–Crippen LogP) is 1.35. The number of aromatic nitrogens is 1. The van der Waals surface area contributed by atoms with Gasteiger partial charge in [-0.15, -0.1) is 0 Å². The van der Waals surface area contributed by atoms with E-state index in [0.717, 1.165) is 43.9 Å². The molecule has 176 valence electrons. The summed E-state index contributed by atoms with van der Waals surface area (Å²) in [5.41, 5.74) is 1.16. The number of aryl methyl sites for hydroxylation is 1. The van der Waals surface area contributed by atoms with E-state index in [2.05, 4.69) is 22.0 Å². The van der Waals surface area contributed by atoms with E-state index in [1.807, 2.05) is 24.3 Å². The third-order valence-corrected chi connectivity index (χ3v) is 7.05. The predicted molar refractivity (Wildman–Crippen MR) is 121 cm³/mol. The molecule has 9 nitrogen and oxygen atoms in total. The number of benzene rings is 1. The number of sulfonamides is 1. The lowest BCUT2D eigenvalue weighted by molar-refractivity contribution is 0.0392. The average Bonchev–Trinajstić information content (AvgIpc) is 3.21. The number of hydrogen-bond acceptors (Lipinski definition) is 6. The molecule has 1 saturated heterocycles. The molecule has 0 unspecified atom stereocenters. The van der Waals surface area contributed by atoms with E-state index in [1.54, 1.807) is 7.05 Å². The molecule has 3 rings (SSSR count). The fourth-order valence-corrected chi connectivity index (χ4v) is 4.46. The molecule has 1 aromatic carbocycles. The van der Waals surface area contributed by atoms with E-state index >= 15 is 0 Å². The molecule has 1 aliphatic rings. The minimum atomic E-state index is -3.61. The number of rotatable bonds is 10. The van der Waals surface area contributed by atoms with E-state index < -0.39 is 10.0 Å². The van der Waals surface area contributed by atoms with Crippen LogP contribution in [0, 0.1) is 0 Å². The zero-order valence-electron chi connectivity index (χ0n) is 18.8. The Morgan fingerprint density at radius 3 is 2.75 bits per heavy atom. The lowest BCUT2D eigenvalue weighted by Gasteiger charge is -2.31. The largest absolute Gasteiger partial charge is 0.492 e. The number of ether oxygens (including phenoxy) is 2. The summed E-state index contributed by atoms with van der Waals surface area (Å²) in [7, 11) is 1.48. The molecule has 1 amide bonds. The highest BCUT2D eigenvalue weighted by molar-refractivity contribution is 7.89. The van der Waals surface area contributed by atoms with Gasteiger partial charge in [0.25, 0.3) is 5.91 Å². The Balaban J connectivity index is 1.51. The van der Waals surface area contributed by atoms with Crippen LogP contribution in [0.3, 0.4) is 0 Å². The molecular weight excluding hydrogens is 432 g/mol. The van der Waals surface area contributed by atoms with E-state index in [-0.39, 0.29) is 16.5 Å². The first-order chi connectivity index (χ1) is 15.3. The van der Waals surface area contributed by atoms with Crippen LogP contribution in [0.1, 0.15) is 28.9 Å². The van der Waals surface area contributed by atoms with Gasteiger partial charge in [-0.1, -0.05) is 12.1 Å². The smallest absolute Gasteiger partial charge is 0.268 e. The molecule has 1 aliphatic heterocycles. The summed E-state index contributed by atoms with van der Waals surface area (Å²) in [6, 6.07) is 9.48. The van der Waals surface area contributed by atoms with E-state index in [0.29, 0.717) is 19.2 Å². The van der Waals surface area contributed by atoms with Crippen LogP contribution in [0.5, 0.6) is 5.75 Å². The summed E-state index contributed by atoms with van der Waals surface area (Å²) in [6.45, 7) is 3.35. The number of amides is 1. The SMILES string of the molecule is CNS(=O)(=O)c1cc(C(=O)NCc2cccc(OCCN(C)C3CCOCC3)c2)n(C)c1. The van der Waals surface area contributed by atoms with Gasteiger partial charge in [0.2, 0.25) is 10.0 Å². The van der Waals surface area contributed by atoms with Crippen molar-refractivity contribution in [2.45, 2.75) is 30.3 Å². The monoisotopic (exact) mass is 464 g/mol. The van der Waals surface area contributed by atoms with Crippen LogP contribution in [0.15, 0.2) is 41.4 Å². The second-order valence-electron chi connectivity index (χ2n) is 7.88. The highest BCUT2D eigenvalue weighted by Gasteiger charge is 2.19. The summed E-state index contributed by atoms with van der Waals surface area (Å²) >= 11 is 0. The van der Waals surface area contributed by atoms with Gasteiger partial charge in [0.05, 0.1) is 0 Å². The Morgan fingerprint density at radius 1 is 1.28 bits per heavy atom. The van der Waals surface area contributed by atoms with Crippen molar-refractivity contribution in [2.75, 3.05) is 40.5 Å². The first-order valence-corrected chi connectivity index (χ1v) is 12.2. The lowest BCUT2D eigenvalue weighted by Crippen LogP contribution is -2.38. The van der Waals surface area contributed by atoms with Gasteiger partial charge in [0.1, 0.15) is 22.9 Å². The zero-order valence-corrected chi connectivity index (χ0v) is 19.7. The van der Waals surface area contributed by atoms with Crippen LogP contribution < -0.4 is 14.8 Å². The van der Waals surface area contributed by atoms with Crippen molar-refractivity contribution in [3.05, 3.63) is 47.8 Å². The van der Waals surface area contributed by atoms with E-state index in [9.17, 15) is 13.2 Å². The molecule has 0 aliphatic carbocycles. The number of nitrogens with zero attached hydrogens (tertiary/aromatic N) is 2. The number of likely N-dealkylation sites (N-methyl/N-ethyl adjacent to an activating group) is 1. The van der Waals surface area contributed by atoms with E-state index in [4.69, 9.17) is 9.47 Å². The molecule has 0 atom stereocenters. The van der Waals surface area contributed by atoms with Crippen molar-refractivity contribution in [1.82, 2.24) is 19.5 Å². The molecule has 0 radical (unpaired) electrons. The van der Waals surface area contributed by atoms with Crippen molar-refractivity contribution >= 4 is 15.9 Å². The van der Waals surface area contributed by atoms with Crippen molar-refractivity contribution in [2.24, 2.45) is 7.05 Å². The Bertz CT molecular complexity index is 1020. The fourth-order valence-electron chi connectivity index (χ4n) is 3.66. The number of nitrogens with one attached hydrogen (secondary N) is 2. The number of carbonyl (C=O) groups is 1. The van der Waals surface area contributed by atoms with Gasteiger partial charge >= 0.3 is 0 Å². The van der Waals surface area contributed by atoms with Crippen molar-refractivity contribution < 1.29 is 22.7 Å². The summed E-state index contributed by atoms with van der Waals surface area (Å²) < 4.78 is 39.0. The van der Waals surface area contributed by atoms with Gasteiger partial charge in [0.15, 0.2) is 0 Å². The number of hydrogen-bond donors (Lipinski definition) is 2. The van der Waals surface area contributed by atoms with Gasteiger partial charge in [-0.2, -0.15) is 0 Å². The molecule has 1 fully saturated rings. The second-order valence-corrected chi connectivity index (χ2v) is 9.77. The van der Waals surface area contributed by atoms with Crippen LogP contribution in [-0.2, 0) is 28.4 Å². The van der Waals surface area contributed by atoms with Gasteiger partial charge in [0, 0.05) is 45.6 Å². The third kappa shape index (κ3) is 6.32. The first-order valence-electron chi connectivity index (χ1n) is 10.7. The van der Waals surface area contributed by atoms with Gasteiger partial charge in [-0.05, 0) is 50.7 Å². The van der Waals surface area contributed by atoms with Crippen molar-refractivity contribution in [1.29, 1.82) is 0 Å². The normalized spacial score (nSPS) is 15.1. The minimum absolute atomic E-state index is 0.0498. The summed E-state index contributed by atoms with van der Waals surface area (Å²) in [6.07, 6.45) is 3.51. The Hall–Kier alpha value is -2.40. The van der Waals surface area contributed by atoms with Crippen LogP contribution in [-0.4, -0.2) is 70.3 Å². The zero-order chi connectivity index (χ0) is 23.1. The summed E-state index contributed by atoms with van der Waals surface area (Å²) in [5, 5.41) is 2.83. The van der Waals surface area contributed by atoms with Gasteiger partial charge in [-0.3, -0.25) is 9.69 Å². The summed E-state index contributed by atoms with van der Waals surface area (Å²) in [5.74, 6) is 0.396. The molecule has 2 heterocycles. The van der Waals surface area contributed by atoms with Crippen molar-refractivity contribution in [3.63, 3.8) is 0 Å². The van der Waals surface area contributed by atoms with Gasteiger partial charge < -0.3 is 19.4 Å². The van der Waals surface area contributed by atoms with Gasteiger partial charge in [-0.25, -0.2) is 13.1 Å². The molecule has 2 aromatic rings. The van der Waals surface area contributed by atoms with Crippen LogP contribution in [0.2, 0.25) is 0 Å². The fraction of sp³-hybridized carbons (Fsp3) is 0.500. The second kappa shape index (κ2) is 11.0. The Morgan fingerprint density at radius 2 is 2.03 bits per heavy atom. The average molecular weight is 465 g/mol. The lowest BCUT2D eigenvalue weighted by atomic mass is 10.1. The van der Waals surface area contributed by atoms with Crippen molar-refractivity contribution in [3.8, 4) is 5.75 Å². The molecule has 1 aromatic heterocycles. The molecule has 0 spiro atoms. The quantitative estimate of drug-likeness (QED) is 0.551. The maximum Gasteiger partial charge on any atom is 0.268 e.